The van der Waals surface area contributed by atoms with E-state index in [2.05, 4.69) is 12.2 Å². The zero-order valence-corrected chi connectivity index (χ0v) is 9.98. The topological polar surface area (TPSA) is 64.3 Å². The van der Waals surface area contributed by atoms with E-state index in [0.29, 0.717) is 6.61 Å². The van der Waals surface area contributed by atoms with Crippen molar-refractivity contribution in [3.05, 3.63) is 24.3 Å². The van der Waals surface area contributed by atoms with Crippen LogP contribution in [0.4, 0.5) is 5.69 Å². The highest BCUT2D eigenvalue weighted by atomic mass is 16.5. The smallest absolute Gasteiger partial charge is 0.229 e. The number of ether oxygens (including phenoxy) is 1. The molecule has 0 saturated heterocycles. The summed E-state index contributed by atoms with van der Waals surface area (Å²) in [4.78, 5) is 11.6. The van der Waals surface area contributed by atoms with Crippen LogP contribution in [0.5, 0.6) is 5.75 Å². The van der Waals surface area contributed by atoms with Gasteiger partial charge in [-0.1, -0.05) is 6.92 Å². The number of rotatable bonds is 5. The Balaban J connectivity index is 1.87. The molecule has 1 amide bonds. The van der Waals surface area contributed by atoms with Crippen molar-refractivity contribution in [1.82, 2.24) is 0 Å². The molecule has 92 valence electrons. The van der Waals surface area contributed by atoms with Crippen LogP contribution < -0.4 is 15.8 Å². The second-order valence-electron chi connectivity index (χ2n) is 4.37. The molecular formula is C13H18N2O2. The minimum absolute atomic E-state index is 0.00832. The van der Waals surface area contributed by atoms with Crippen molar-refractivity contribution in [3.8, 4) is 5.75 Å². The van der Waals surface area contributed by atoms with Gasteiger partial charge in [-0.3, -0.25) is 4.79 Å². The van der Waals surface area contributed by atoms with E-state index in [4.69, 9.17) is 10.5 Å². The Kier molecular flexibility index (Phi) is 3.64. The zero-order valence-electron chi connectivity index (χ0n) is 9.98. The molecule has 1 aromatic carbocycles. The standard InChI is InChI=1S/C13H18N2O2/c1-2-7-17-10-5-3-9(4-6-10)15-13(16)11-8-12(11)14/h3-6,11-12H,2,7-8,14H2,1H3,(H,15,16). The molecule has 2 unspecified atom stereocenters. The fourth-order valence-corrected chi connectivity index (χ4v) is 1.61. The van der Waals surface area contributed by atoms with Gasteiger partial charge in [0.25, 0.3) is 0 Å². The molecule has 0 aliphatic heterocycles. The molecule has 4 heteroatoms. The van der Waals surface area contributed by atoms with E-state index in [1.807, 2.05) is 24.3 Å². The van der Waals surface area contributed by atoms with Crippen LogP contribution in [0.3, 0.4) is 0 Å². The van der Waals surface area contributed by atoms with Crippen molar-refractivity contribution in [2.45, 2.75) is 25.8 Å². The fraction of sp³-hybridized carbons (Fsp3) is 0.462. The summed E-state index contributed by atoms with van der Waals surface area (Å²) in [5.74, 6) is 0.832. The minimum Gasteiger partial charge on any atom is -0.494 e. The monoisotopic (exact) mass is 234 g/mol. The van der Waals surface area contributed by atoms with Gasteiger partial charge < -0.3 is 15.8 Å². The predicted molar refractivity (Wildman–Crippen MR) is 66.9 cm³/mol. The average Bonchev–Trinajstić information content (AvgIpc) is 3.06. The normalized spacial score (nSPS) is 22.0. The summed E-state index contributed by atoms with van der Waals surface area (Å²) in [7, 11) is 0. The van der Waals surface area contributed by atoms with Crippen LogP contribution in [0, 0.1) is 5.92 Å². The lowest BCUT2D eigenvalue weighted by Gasteiger charge is -2.07. The third kappa shape index (κ3) is 3.20. The van der Waals surface area contributed by atoms with Gasteiger partial charge in [0.1, 0.15) is 5.75 Å². The molecule has 0 aromatic heterocycles. The number of anilines is 1. The van der Waals surface area contributed by atoms with E-state index in [0.717, 1.165) is 24.3 Å². The Morgan fingerprint density at radius 3 is 2.65 bits per heavy atom. The molecule has 0 spiro atoms. The fourth-order valence-electron chi connectivity index (χ4n) is 1.61. The van der Waals surface area contributed by atoms with Crippen LogP contribution in [0.1, 0.15) is 19.8 Å². The summed E-state index contributed by atoms with van der Waals surface area (Å²) < 4.78 is 5.46. The van der Waals surface area contributed by atoms with E-state index in [1.165, 1.54) is 0 Å². The van der Waals surface area contributed by atoms with E-state index < -0.39 is 0 Å². The number of carbonyl (C=O) groups excluding carboxylic acids is 1. The summed E-state index contributed by atoms with van der Waals surface area (Å²) in [5, 5.41) is 2.84. The van der Waals surface area contributed by atoms with E-state index >= 15 is 0 Å². The van der Waals surface area contributed by atoms with Crippen molar-refractivity contribution in [2.24, 2.45) is 11.7 Å². The molecule has 4 nitrogen and oxygen atoms in total. The molecule has 2 atom stereocenters. The summed E-state index contributed by atoms with van der Waals surface area (Å²) >= 11 is 0. The molecule has 0 radical (unpaired) electrons. The van der Waals surface area contributed by atoms with Crippen LogP contribution in [-0.2, 0) is 4.79 Å². The zero-order chi connectivity index (χ0) is 12.3. The molecule has 0 heterocycles. The molecule has 1 aromatic rings. The number of amides is 1. The maximum atomic E-state index is 11.6. The summed E-state index contributed by atoms with van der Waals surface area (Å²) in [5.41, 5.74) is 6.41. The number of nitrogens with two attached hydrogens (primary N) is 1. The average molecular weight is 234 g/mol. The van der Waals surface area contributed by atoms with E-state index in [9.17, 15) is 4.79 Å². The highest BCUT2D eigenvalue weighted by Crippen LogP contribution is 2.29. The molecular weight excluding hydrogens is 216 g/mol. The highest BCUT2D eigenvalue weighted by Gasteiger charge is 2.39. The van der Waals surface area contributed by atoms with Crippen molar-refractivity contribution >= 4 is 11.6 Å². The van der Waals surface area contributed by atoms with Crippen LogP contribution in [0.15, 0.2) is 24.3 Å². The second kappa shape index (κ2) is 5.19. The Hall–Kier alpha value is -1.55. The number of carbonyl (C=O) groups is 1. The van der Waals surface area contributed by atoms with E-state index in [-0.39, 0.29) is 17.9 Å². The van der Waals surface area contributed by atoms with Gasteiger partial charge in [-0.2, -0.15) is 0 Å². The minimum atomic E-state index is -0.00832. The predicted octanol–water partition coefficient (Wildman–Crippen LogP) is 1.76. The lowest BCUT2D eigenvalue weighted by atomic mass is 10.3. The van der Waals surface area contributed by atoms with Gasteiger partial charge in [-0.25, -0.2) is 0 Å². The Morgan fingerprint density at radius 2 is 2.12 bits per heavy atom. The Bertz CT molecular complexity index is 389. The van der Waals surface area contributed by atoms with Crippen molar-refractivity contribution in [2.75, 3.05) is 11.9 Å². The largest absolute Gasteiger partial charge is 0.494 e. The van der Waals surface area contributed by atoms with Gasteiger partial charge in [0.15, 0.2) is 0 Å². The van der Waals surface area contributed by atoms with Gasteiger partial charge in [0.05, 0.1) is 12.5 Å². The molecule has 3 N–H and O–H groups in total. The van der Waals surface area contributed by atoms with Crippen LogP contribution in [0.25, 0.3) is 0 Å². The number of hydrogen-bond acceptors (Lipinski definition) is 3. The van der Waals surface area contributed by atoms with Crippen LogP contribution in [0.2, 0.25) is 0 Å². The summed E-state index contributed by atoms with van der Waals surface area (Å²) in [6.45, 7) is 2.77. The quantitative estimate of drug-likeness (QED) is 0.816. The first kappa shape index (κ1) is 11.9. The molecule has 1 aliphatic carbocycles. The third-order valence-corrected chi connectivity index (χ3v) is 2.77. The molecule has 1 saturated carbocycles. The lowest BCUT2D eigenvalue weighted by molar-refractivity contribution is -0.117. The van der Waals surface area contributed by atoms with Gasteiger partial charge in [0, 0.05) is 11.7 Å². The molecule has 1 fully saturated rings. The first-order valence-corrected chi connectivity index (χ1v) is 6.00. The molecule has 2 rings (SSSR count). The highest BCUT2D eigenvalue weighted by molar-refractivity contribution is 5.94. The van der Waals surface area contributed by atoms with Gasteiger partial charge in [0.2, 0.25) is 5.91 Å². The summed E-state index contributed by atoms with van der Waals surface area (Å²) in [6.07, 6.45) is 1.78. The molecule has 17 heavy (non-hydrogen) atoms. The molecule has 1 aliphatic rings. The number of benzene rings is 1. The number of nitrogens with one attached hydrogen (secondary N) is 1. The van der Waals surface area contributed by atoms with Crippen molar-refractivity contribution in [3.63, 3.8) is 0 Å². The van der Waals surface area contributed by atoms with Gasteiger partial charge in [-0.15, -0.1) is 0 Å². The van der Waals surface area contributed by atoms with Crippen molar-refractivity contribution < 1.29 is 9.53 Å². The Labute approximate surface area is 101 Å². The summed E-state index contributed by atoms with van der Waals surface area (Å²) in [6, 6.07) is 7.45. The number of hydrogen-bond donors (Lipinski definition) is 2. The first-order chi connectivity index (χ1) is 8.20. The van der Waals surface area contributed by atoms with Gasteiger partial charge >= 0.3 is 0 Å². The lowest BCUT2D eigenvalue weighted by Crippen LogP contribution is -2.18. The molecule has 0 bridgehead atoms. The third-order valence-electron chi connectivity index (χ3n) is 2.77. The second-order valence-corrected chi connectivity index (χ2v) is 4.37. The first-order valence-electron chi connectivity index (χ1n) is 6.00. The maximum Gasteiger partial charge on any atom is 0.229 e. The Morgan fingerprint density at radius 1 is 1.47 bits per heavy atom. The van der Waals surface area contributed by atoms with Crippen molar-refractivity contribution in [1.29, 1.82) is 0 Å². The SMILES string of the molecule is CCCOc1ccc(NC(=O)C2CC2N)cc1. The van der Waals surface area contributed by atoms with E-state index in [1.54, 1.807) is 0 Å². The van der Waals surface area contributed by atoms with Crippen LogP contribution in [-0.4, -0.2) is 18.6 Å². The maximum absolute atomic E-state index is 11.6. The van der Waals surface area contributed by atoms with Gasteiger partial charge in [-0.05, 0) is 37.1 Å². The van der Waals surface area contributed by atoms with Crippen LogP contribution >= 0.6 is 0 Å².